The van der Waals surface area contributed by atoms with Gasteiger partial charge in [-0.3, -0.25) is 24.1 Å². The molecule has 0 fully saturated rings. The third-order valence-electron chi connectivity index (χ3n) is 7.20. The summed E-state index contributed by atoms with van der Waals surface area (Å²) in [5.74, 6) is -3.12. The van der Waals surface area contributed by atoms with E-state index in [1.807, 2.05) is 43.3 Å². The van der Waals surface area contributed by atoms with Crippen molar-refractivity contribution in [2.75, 3.05) is 28.2 Å². The molecule has 0 spiro atoms. The standard InChI is InChI=1S/C33H26F3N3O5/c1-20-6-8-21(9-7-20)25-4-2-3-5-26(25)31(43)37-24-13-10-22(11-14-24)32(44)38-17-16-29(40)39(19-30(41)42)28-18-23(33(34,35)36)12-15-27(28)38/h2-15,18H,16-17,19H2,1H3,(H,37,43)(H,41,42). The number of alkyl halides is 3. The van der Waals surface area contributed by atoms with Gasteiger partial charge in [0.15, 0.2) is 0 Å². The molecular formula is C33H26F3N3O5. The molecule has 5 rings (SSSR count). The van der Waals surface area contributed by atoms with Crippen LogP contribution < -0.4 is 15.1 Å². The molecule has 1 heterocycles. The van der Waals surface area contributed by atoms with E-state index in [1.165, 1.54) is 24.3 Å². The Balaban J connectivity index is 1.40. The first-order chi connectivity index (χ1) is 20.9. The quantitative estimate of drug-likeness (QED) is 0.266. The van der Waals surface area contributed by atoms with Crippen LogP contribution in [0.15, 0.2) is 91.0 Å². The van der Waals surface area contributed by atoms with Gasteiger partial charge in [-0.15, -0.1) is 0 Å². The van der Waals surface area contributed by atoms with Crippen molar-refractivity contribution in [1.82, 2.24) is 0 Å². The number of halogens is 3. The van der Waals surface area contributed by atoms with E-state index in [9.17, 15) is 37.5 Å². The third-order valence-corrected chi connectivity index (χ3v) is 7.20. The lowest BCUT2D eigenvalue weighted by Crippen LogP contribution is -2.35. The van der Waals surface area contributed by atoms with Crippen LogP contribution in [0.4, 0.5) is 30.2 Å². The molecule has 1 aliphatic heterocycles. The fourth-order valence-electron chi connectivity index (χ4n) is 4.98. The minimum absolute atomic E-state index is 0.0276. The van der Waals surface area contributed by atoms with E-state index in [1.54, 1.807) is 12.1 Å². The van der Waals surface area contributed by atoms with E-state index in [-0.39, 0.29) is 35.8 Å². The number of benzene rings is 4. The van der Waals surface area contributed by atoms with E-state index >= 15 is 0 Å². The number of nitrogens with zero attached hydrogens (tertiary/aromatic N) is 2. The van der Waals surface area contributed by atoms with Crippen LogP contribution >= 0.6 is 0 Å². The molecule has 3 amide bonds. The summed E-state index contributed by atoms with van der Waals surface area (Å²) in [5, 5.41) is 12.1. The van der Waals surface area contributed by atoms with Crippen LogP contribution in [0.3, 0.4) is 0 Å². The van der Waals surface area contributed by atoms with Gasteiger partial charge in [0, 0.05) is 29.8 Å². The average molecular weight is 602 g/mol. The van der Waals surface area contributed by atoms with Gasteiger partial charge in [-0.1, -0.05) is 48.0 Å². The maximum atomic E-state index is 13.6. The zero-order valence-electron chi connectivity index (χ0n) is 23.4. The van der Waals surface area contributed by atoms with Crippen LogP contribution in [0.1, 0.15) is 38.3 Å². The van der Waals surface area contributed by atoms with Crippen molar-refractivity contribution in [3.8, 4) is 11.1 Å². The lowest BCUT2D eigenvalue weighted by atomic mass is 9.98. The monoisotopic (exact) mass is 601 g/mol. The van der Waals surface area contributed by atoms with Gasteiger partial charge in [-0.05, 0) is 66.6 Å². The Hall–Kier alpha value is -5.45. The second-order valence-electron chi connectivity index (χ2n) is 10.2. The molecule has 8 nitrogen and oxygen atoms in total. The number of rotatable bonds is 6. The van der Waals surface area contributed by atoms with Crippen LogP contribution in [0, 0.1) is 6.92 Å². The van der Waals surface area contributed by atoms with Crippen molar-refractivity contribution >= 4 is 40.8 Å². The molecule has 0 saturated heterocycles. The molecule has 44 heavy (non-hydrogen) atoms. The molecule has 11 heteroatoms. The number of hydrogen-bond acceptors (Lipinski definition) is 4. The van der Waals surface area contributed by atoms with Gasteiger partial charge >= 0.3 is 12.1 Å². The normalized spacial score (nSPS) is 13.2. The van der Waals surface area contributed by atoms with Crippen molar-refractivity contribution in [1.29, 1.82) is 0 Å². The highest BCUT2D eigenvalue weighted by Gasteiger charge is 2.36. The van der Waals surface area contributed by atoms with Crippen LogP contribution in [0.25, 0.3) is 11.1 Å². The van der Waals surface area contributed by atoms with Gasteiger partial charge in [0.1, 0.15) is 6.54 Å². The van der Waals surface area contributed by atoms with Gasteiger partial charge in [0.25, 0.3) is 11.8 Å². The van der Waals surface area contributed by atoms with E-state index < -0.39 is 36.1 Å². The minimum atomic E-state index is -4.75. The third kappa shape index (κ3) is 6.31. The highest BCUT2D eigenvalue weighted by Crippen LogP contribution is 2.39. The Morgan fingerprint density at radius 1 is 0.886 bits per heavy atom. The number of aryl methyl sites for hydroxylation is 1. The molecule has 4 aromatic rings. The van der Waals surface area contributed by atoms with Crippen molar-refractivity contribution < 1.29 is 37.5 Å². The van der Waals surface area contributed by atoms with Gasteiger partial charge in [-0.2, -0.15) is 13.2 Å². The average Bonchev–Trinajstić information content (AvgIpc) is 3.12. The molecular weight excluding hydrogens is 575 g/mol. The highest BCUT2D eigenvalue weighted by molar-refractivity contribution is 6.12. The number of anilines is 3. The van der Waals surface area contributed by atoms with Crippen molar-refractivity contribution in [2.24, 2.45) is 0 Å². The maximum absolute atomic E-state index is 13.6. The Morgan fingerprint density at radius 2 is 1.57 bits per heavy atom. The number of carboxylic acid groups (broad SMARTS) is 1. The summed E-state index contributed by atoms with van der Waals surface area (Å²) in [5.41, 5.74) is 2.27. The van der Waals surface area contributed by atoms with Gasteiger partial charge in [0.05, 0.1) is 16.9 Å². The Bertz CT molecular complexity index is 1750. The van der Waals surface area contributed by atoms with E-state index in [2.05, 4.69) is 5.32 Å². The summed E-state index contributed by atoms with van der Waals surface area (Å²) < 4.78 is 40.5. The van der Waals surface area contributed by atoms with Crippen LogP contribution in [-0.4, -0.2) is 41.9 Å². The SMILES string of the molecule is Cc1ccc(-c2ccccc2C(=O)Nc2ccc(C(=O)N3CCC(=O)N(CC(=O)O)c4cc(C(F)(F)F)ccc43)cc2)cc1. The Kier molecular flexibility index (Phi) is 8.21. The predicted octanol–water partition coefficient (Wildman–Crippen LogP) is 6.40. The lowest BCUT2D eigenvalue weighted by molar-refractivity contribution is -0.137. The number of carbonyl (C=O) groups is 4. The smallest absolute Gasteiger partial charge is 0.416 e. The predicted molar refractivity (Wildman–Crippen MR) is 159 cm³/mol. The molecule has 0 unspecified atom stereocenters. The maximum Gasteiger partial charge on any atom is 0.416 e. The first-order valence-electron chi connectivity index (χ1n) is 13.5. The highest BCUT2D eigenvalue weighted by atomic mass is 19.4. The van der Waals surface area contributed by atoms with Crippen molar-refractivity contribution in [3.05, 3.63) is 113 Å². The molecule has 2 N–H and O–H groups in total. The molecule has 0 aromatic heterocycles. The fraction of sp³-hybridized carbons (Fsp3) is 0.152. The Labute approximate surface area is 250 Å². The zero-order chi connectivity index (χ0) is 31.6. The van der Waals surface area contributed by atoms with Crippen molar-refractivity contribution in [3.63, 3.8) is 0 Å². The van der Waals surface area contributed by atoms with Gasteiger partial charge < -0.3 is 15.3 Å². The summed E-state index contributed by atoms with van der Waals surface area (Å²) in [7, 11) is 0. The number of hydrogen-bond donors (Lipinski definition) is 2. The number of fused-ring (bicyclic) bond motifs is 1. The fourth-order valence-corrected chi connectivity index (χ4v) is 4.98. The number of aliphatic carboxylic acids is 1. The number of carbonyl (C=O) groups excluding carboxylic acids is 3. The first-order valence-corrected chi connectivity index (χ1v) is 13.5. The van der Waals surface area contributed by atoms with E-state index in [4.69, 9.17) is 0 Å². The summed E-state index contributed by atoms with van der Waals surface area (Å²) in [6.45, 7) is 0.927. The summed E-state index contributed by atoms with van der Waals surface area (Å²) >= 11 is 0. The second-order valence-corrected chi connectivity index (χ2v) is 10.2. The zero-order valence-corrected chi connectivity index (χ0v) is 23.4. The molecule has 224 valence electrons. The summed E-state index contributed by atoms with van der Waals surface area (Å²) in [6, 6.07) is 23.4. The molecule has 0 radical (unpaired) electrons. The van der Waals surface area contributed by atoms with Crippen LogP contribution in [0.2, 0.25) is 0 Å². The summed E-state index contributed by atoms with van der Waals surface area (Å²) in [6.07, 6.45) is -5.06. The number of amides is 3. The molecule has 4 aromatic carbocycles. The first kappa shape index (κ1) is 30.0. The number of carboxylic acids is 1. The van der Waals surface area contributed by atoms with E-state index in [0.29, 0.717) is 17.3 Å². The molecule has 0 saturated carbocycles. The summed E-state index contributed by atoms with van der Waals surface area (Å²) in [4.78, 5) is 52.9. The number of nitrogens with one attached hydrogen (secondary N) is 1. The van der Waals surface area contributed by atoms with Crippen molar-refractivity contribution in [2.45, 2.75) is 19.5 Å². The Morgan fingerprint density at radius 3 is 2.23 bits per heavy atom. The van der Waals surface area contributed by atoms with Crippen LogP contribution in [0.5, 0.6) is 0 Å². The van der Waals surface area contributed by atoms with E-state index in [0.717, 1.165) is 38.6 Å². The largest absolute Gasteiger partial charge is 0.480 e. The van der Waals surface area contributed by atoms with Gasteiger partial charge in [-0.25, -0.2) is 0 Å². The second kappa shape index (κ2) is 12.0. The molecule has 0 bridgehead atoms. The van der Waals surface area contributed by atoms with Gasteiger partial charge in [0.2, 0.25) is 5.91 Å². The molecule has 1 aliphatic rings. The topological polar surface area (TPSA) is 107 Å². The van der Waals surface area contributed by atoms with Crippen LogP contribution in [-0.2, 0) is 15.8 Å². The lowest BCUT2D eigenvalue weighted by Gasteiger charge is -2.26. The minimum Gasteiger partial charge on any atom is -0.480 e. The molecule has 0 atom stereocenters. The molecule has 0 aliphatic carbocycles.